The van der Waals surface area contributed by atoms with Crippen LogP contribution in [0.25, 0.3) is 0 Å². The molecular formula is C13H17NO2S. The molecule has 0 fully saturated rings. The molecule has 1 rings (SSSR count). The maximum Gasteiger partial charge on any atom is 0.236 e. The fraction of sp³-hybridized carbons (Fsp3) is 0.385. The summed E-state index contributed by atoms with van der Waals surface area (Å²) in [5, 5.41) is 3.91. The highest BCUT2D eigenvalue weighted by atomic mass is 32.2. The Kier molecular flexibility index (Phi) is 6.40. The largest absolute Gasteiger partial charge is 0.391 e. The van der Waals surface area contributed by atoms with Crippen LogP contribution in [0, 0.1) is 0 Å². The highest BCUT2D eigenvalue weighted by Crippen LogP contribution is 2.07. The molecule has 0 bridgehead atoms. The molecule has 0 N–H and O–H groups in total. The van der Waals surface area contributed by atoms with Crippen molar-refractivity contribution in [2.75, 3.05) is 5.75 Å². The zero-order valence-corrected chi connectivity index (χ0v) is 11.0. The molecule has 0 aliphatic rings. The van der Waals surface area contributed by atoms with Crippen molar-refractivity contribution in [2.24, 2.45) is 5.16 Å². The van der Waals surface area contributed by atoms with Crippen molar-refractivity contribution in [3.63, 3.8) is 0 Å². The van der Waals surface area contributed by atoms with Crippen molar-refractivity contribution >= 4 is 22.6 Å². The average Bonchev–Trinajstić information content (AvgIpc) is 2.36. The molecule has 0 aromatic heterocycles. The Labute approximate surface area is 106 Å². The van der Waals surface area contributed by atoms with E-state index in [4.69, 9.17) is 4.84 Å². The number of carbonyl (C=O) groups excluding carboxylic acids is 1. The predicted octanol–water partition coefficient (Wildman–Crippen LogP) is 3.25. The number of hydrogen-bond donors (Lipinski definition) is 0. The van der Waals surface area contributed by atoms with E-state index in [1.807, 2.05) is 44.2 Å². The summed E-state index contributed by atoms with van der Waals surface area (Å²) in [6.45, 7) is 4.24. The first kappa shape index (κ1) is 13.8. The van der Waals surface area contributed by atoms with E-state index >= 15 is 0 Å². The van der Waals surface area contributed by atoms with Crippen LogP contribution in [-0.4, -0.2) is 16.6 Å². The zero-order chi connectivity index (χ0) is 12.5. The van der Waals surface area contributed by atoms with Crippen molar-refractivity contribution in [3.05, 3.63) is 35.9 Å². The third-order valence-corrected chi connectivity index (χ3v) is 2.88. The molecule has 0 saturated heterocycles. The molecule has 1 aromatic rings. The van der Waals surface area contributed by atoms with E-state index in [0.717, 1.165) is 11.3 Å². The first-order chi connectivity index (χ1) is 8.27. The Morgan fingerprint density at radius 3 is 2.59 bits per heavy atom. The number of rotatable bonds is 6. The minimum absolute atomic E-state index is 0.00283. The predicted molar refractivity (Wildman–Crippen MR) is 72.1 cm³/mol. The average molecular weight is 251 g/mol. The smallest absolute Gasteiger partial charge is 0.236 e. The summed E-state index contributed by atoms with van der Waals surface area (Å²) in [7, 11) is 0. The number of hydrogen-bond acceptors (Lipinski definition) is 4. The van der Waals surface area contributed by atoms with E-state index in [-0.39, 0.29) is 5.12 Å². The molecule has 92 valence electrons. The number of thioether (sulfide) groups is 1. The van der Waals surface area contributed by atoms with Crippen molar-refractivity contribution in [1.82, 2.24) is 0 Å². The van der Waals surface area contributed by atoms with Gasteiger partial charge in [0, 0.05) is 0 Å². The molecular weight excluding hydrogens is 234 g/mol. The molecule has 0 atom stereocenters. The van der Waals surface area contributed by atoms with Gasteiger partial charge < -0.3 is 4.84 Å². The van der Waals surface area contributed by atoms with Gasteiger partial charge in [-0.05, 0) is 17.7 Å². The van der Waals surface area contributed by atoms with Crippen molar-refractivity contribution in [2.45, 2.75) is 26.9 Å². The van der Waals surface area contributed by atoms with Gasteiger partial charge in [0.2, 0.25) is 5.12 Å². The quantitative estimate of drug-likeness (QED) is 0.575. The van der Waals surface area contributed by atoms with Crippen LogP contribution in [-0.2, 0) is 16.2 Å². The Balaban J connectivity index is 2.48. The van der Waals surface area contributed by atoms with Gasteiger partial charge in [-0.2, -0.15) is 0 Å². The molecule has 0 heterocycles. The summed E-state index contributed by atoms with van der Waals surface area (Å²) in [6.07, 6.45) is 0.598. The lowest BCUT2D eigenvalue weighted by Crippen LogP contribution is -2.10. The third-order valence-electron chi connectivity index (χ3n) is 2.09. The van der Waals surface area contributed by atoms with Crippen LogP contribution in [0.4, 0.5) is 0 Å². The molecule has 0 spiro atoms. The van der Waals surface area contributed by atoms with Gasteiger partial charge in [-0.25, -0.2) is 0 Å². The van der Waals surface area contributed by atoms with Gasteiger partial charge in [0.1, 0.15) is 12.3 Å². The maximum atomic E-state index is 11.6. The zero-order valence-electron chi connectivity index (χ0n) is 10.2. The highest BCUT2D eigenvalue weighted by Gasteiger charge is 2.09. The van der Waals surface area contributed by atoms with Crippen LogP contribution in [0.1, 0.15) is 25.8 Å². The van der Waals surface area contributed by atoms with E-state index < -0.39 is 0 Å². The van der Waals surface area contributed by atoms with Gasteiger partial charge in [0.25, 0.3) is 0 Å². The van der Waals surface area contributed by atoms with Gasteiger partial charge in [-0.3, -0.25) is 4.79 Å². The number of nitrogens with zero attached hydrogens (tertiary/aromatic N) is 1. The first-order valence-corrected chi connectivity index (χ1v) is 6.66. The Hall–Kier alpha value is -1.29. The molecule has 0 aliphatic carbocycles. The highest BCUT2D eigenvalue weighted by molar-refractivity contribution is 8.15. The van der Waals surface area contributed by atoms with E-state index in [1.54, 1.807) is 0 Å². The van der Waals surface area contributed by atoms with Crippen molar-refractivity contribution < 1.29 is 9.63 Å². The molecule has 0 unspecified atom stereocenters. The van der Waals surface area contributed by atoms with Gasteiger partial charge in [0.05, 0.1) is 0 Å². The fourth-order valence-corrected chi connectivity index (χ4v) is 1.83. The number of oxime groups is 1. The normalized spacial score (nSPS) is 11.3. The van der Waals surface area contributed by atoms with E-state index in [1.165, 1.54) is 11.8 Å². The molecule has 0 aliphatic heterocycles. The summed E-state index contributed by atoms with van der Waals surface area (Å²) in [6, 6.07) is 9.77. The Morgan fingerprint density at radius 2 is 2.00 bits per heavy atom. The van der Waals surface area contributed by atoms with E-state index in [2.05, 4.69) is 5.16 Å². The topological polar surface area (TPSA) is 38.7 Å². The molecule has 0 radical (unpaired) electrons. The fourth-order valence-electron chi connectivity index (χ4n) is 1.22. The lowest BCUT2D eigenvalue weighted by atomic mass is 10.2. The van der Waals surface area contributed by atoms with Crippen LogP contribution in [0.5, 0.6) is 0 Å². The second-order valence-electron chi connectivity index (χ2n) is 3.37. The Bertz CT molecular complexity index is 376. The first-order valence-electron chi connectivity index (χ1n) is 5.67. The van der Waals surface area contributed by atoms with Gasteiger partial charge in [-0.1, -0.05) is 61.1 Å². The van der Waals surface area contributed by atoms with Crippen LogP contribution in [0.3, 0.4) is 0 Å². The van der Waals surface area contributed by atoms with Crippen molar-refractivity contribution in [3.8, 4) is 0 Å². The molecule has 4 heteroatoms. The van der Waals surface area contributed by atoms with Gasteiger partial charge in [-0.15, -0.1) is 0 Å². The SMILES string of the molecule is CCSC(=O)/C(CC)=N/OCc1ccccc1. The molecule has 3 nitrogen and oxygen atoms in total. The van der Waals surface area contributed by atoms with Crippen LogP contribution in [0.2, 0.25) is 0 Å². The van der Waals surface area contributed by atoms with Crippen LogP contribution in [0.15, 0.2) is 35.5 Å². The second-order valence-corrected chi connectivity index (χ2v) is 4.61. The minimum Gasteiger partial charge on any atom is -0.391 e. The monoisotopic (exact) mass is 251 g/mol. The lowest BCUT2D eigenvalue weighted by Gasteiger charge is -2.03. The number of carbonyl (C=O) groups is 1. The van der Waals surface area contributed by atoms with E-state index in [9.17, 15) is 4.79 Å². The maximum absolute atomic E-state index is 11.6. The second kappa shape index (κ2) is 7.90. The number of benzene rings is 1. The summed E-state index contributed by atoms with van der Waals surface area (Å²) < 4.78 is 0. The lowest BCUT2D eigenvalue weighted by molar-refractivity contribution is -0.105. The third kappa shape index (κ3) is 5.04. The van der Waals surface area contributed by atoms with Crippen LogP contribution < -0.4 is 0 Å². The standard InChI is InChI=1S/C13H17NO2S/c1-3-12(13(15)17-4-2)14-16-10-11-8-6-5-7-9-11/h5-9H,3-4,10H2,1-2H3/b14-12+. The van der Waals surface area contributed by atoms with E-state index in [0.29, 0.717) is 18.7 Å². The summed E-state index contributed by atoms with van der Waals surface area (Å²) in [5.41, 5.74) is 1.54. The molecule has 0 saturated carbocycles. The van der Waals surface area contributed by atoms with Crippen molar-refractivity contribution in [1.29, 1.82) is 0 Å². The van der Waals surface area contributed by atoms with Gasteiger partial charge in [0.15, 0.2) is 0 Å². The summed E-state index contributed by atoms with van der Waals surface area (Å²) in [5.74, 6) is 0.760. The minimum atomic E-state index is 0.00283. The summed E-state index contributed by atoms with van der Waals surface area (Å²) >= 11 is 1.26. The Morgan fingerprint density at radius 1 is 1.29 bits per heavy atom. The molecule has 0 amide bonds. The van der Waals surface area contributed by atoms with Crippen LogP contribution >= 0.6 is 11.8 Å². The van der Waals surface area contributed by atoms with Gasteiger partial charge >= 0.3 is 0 Å². The summed E-state index contributed by atoms with van der Waals surface area (Å²) in [4.78, 5) is 16.8. The molecule has 17 heavy (non-hydrogen) atoms. The molecule has 1 aromatic carbocycles.